The van der Waals surface area contributed by atoms with Gasteiger partial charge in [-0.2, -0.15) is 0 Å². The zero-order chi connectivity index (χ0) is 23.8. The summed E-state index contributed by atoms with van der Waals surface area (Å²) in [6.07, 6.45) is 9.35. The number of carbonyl (C=O) groups is 1. The Labute approximate surface area is 197 Å². The van der Waals surface area contributed by atoms with Crippen LogP contribution in [0.5, 0.6) is 0 Å². The summed E-state index contributed by atoms with van der Waals surface area (Å²) < 4.78 is 8.22. The van der Waals surface area contributed by atoms with E-state index >= 15 is 0 Å². The Balaban J connectivity index is 1.71. The number of rotatable bonds is 12. The van der Waals surface area contributed by atoms with Crippen LogP contribution < -0.4 is 16.4 Å². The number of aryl methyl sites for hydroxylation is 1. The molecule has 0 bridgehead atoms. The number of nitrogen functional groups attached to an aromatic ring is 1. The first-order chi connectivity index (χ1) is 16.0. The average Bonchev–Trinajstić information content (AvgIpc) is 3.18. The molecule has 1 aliphatic rings. The number of imidazole rings is 1. The van der Waals surface area contributed by atoms with Crippen molar-refractivity contribution in [1.82, 2.24) is 19.4 Å². The van der Waals surface area contributed by atoms with Crippen molar-refractivity contribution in [2.24, 2.45) is 5.73 Å². The lowest BCUT2D eigenvalue weighted by Gasteiger charge is -2.33. The minimum Gasteiger partial charge on any atom is -0.382 e. The first-order valence-electron chi connectivity index (χ1n) is 12.5. The molecular weight excluding hydrogens is 418 g/mol. The fourth-order valence-corrected chi connectivity index (χ4v) is 4.93. The highest BCUT2D eigenvalue weighted by atomic mass is 16.5. The van der Waals surface area contributed by atoms with E-state index in [2.05, 4.69) is 35.2 Å². The maximum Gasteiger partial charge on any atom is 0.315 e. The van der Waals surface area contributed by atoms with Crippen LogP contribution in [0.15, 0.2) is 6.20 Å². The fourth-order valence-electron chi connectivity index (χ4n) is 4.93. The monoisotopic (exact) mass is 459 g/mol. The maximum absolute atomic E-state index is 12.0. The topological polar surface area (TPSA) is 116 Å². The molecule has 3 rings (SSSR count). The predicted molar refractivity (Wildman–Crippen MR) is 133 cm³/mol. The number of fused-ring (bicyclic) bond motifs is 1. The highest BCUT2D eigenvalue weighted by molar-refractivity contribution is 5.95. The summed E-state index contributed by atoms with van der Waals surface area (Å²) in [5, 5.41) is 0. The average molecular weight is 460 g/mol. The number of ether oxygens (including phenoxy) is 1. The molecular formula is C24H41N7O2. The number of urea groups is 1. The summed E-state index contributed by atoms with van der Waals surface area (Å²) in [5.41, 5.74) is 14.7. The van der Waals surface area contributed by atoms with Crippen LogP contribution in [0.25, 0.3) is 11.0 Å². The minimum absolute atomic E-state index is 0.251. The van der Waals surface area contributed by atoms with Crippen molar-refractivity contribution in [2.75, 3.05) is 43.5 Å². The van der Waals surface area contributed by atoms with Crippen molar-refractivity contribution in [3.8, 4) is 0 Å². The Bertz CT molecular complexity index is 904. The third-order valence-corrected chi connectivity index (χ3v) is 6.67. The normalized spacial score (nSPS) is 14.6. The van der Waals surface area contributed by atoms with E-state index in [-0.39, 0.29) is 12.1 Å². The van der Waals surface area contributed by atoms with Gasteiger partial charge in [-0.1, -0.05) is 26.2 Å². The standard InChI is InChI=1S/C24H41N7O2/c1-4-10-20-28-21-22(19(17-27-23(21)25)29(5-2)6-3)31(20)14-16-33-15-13-30(24(26)32)18-11-8-7-9-12-18/h17-18H,4-16H2,1-3H3,(H2,25,27)(H2,26,32). The molecule has 9 heteroatoms. The molecule has 0 aromatic carbocycles. The lowest BCUT2D eigenvalue weighted by Crippen LogP contribution is -2.46. The van der Waals surface area contributed by atoms with E-state index in [1.165, 1.54) is 6.42 Å². The van der Waals surface area contributed by atoms with Crippen LogP contribution in [0, 0.1) is 0 Å². The van der Waals surface area contributed by atoms with Crippen molar-refractivity contribution in [3.05, 3.63) is 12.0 Å². The van der Waals surface area contributed by atoms with E-state index in [1.54, 1.807) is 4.90 Å². The van der Waals surface area contributed by atoms with Crippen molar-refractivity contribution >= 4 is 28.6 Å². The molecule has 2 aromatic rings. The lowest BCUT2D eigenvalue weighted by atomic mass is 9.94. The quantitative estimate of drug-likeness (QED) is 0.469. The van der Waals surface area contributed by atoms with E-state index in [0.29, 0.717) is 32.1 Å². The third kappa shape index (κ3) is 5.88. The van der Waals surface area contributed by atoms with E-state index in [4.69, 9.17) is 21.2 Å². The van der Waals surface area contributed by atoms with Crippen molar-refractivity contribution in [2.45, 2.75) is 78.3 Å². The van der Waals surface area contributed by atoms with Gasteiger partial charge in [0.1, 0.15) is 11.3 Å². The number of amides is 2. The predicted octanol–water partition coefficient (Wildman–Crippen LogP) is 3.54. The summed E-state index contributed by atoms with van der Waals surface area (Å²) in [4.78, 5) is 25.3. The van der Waals surface area contributed by atoms with Crippen LogP contribution >= 0.6 is 0 Å². The highest BCUT2D eigenvalue weighted by Crippen LogP contribution is 2.30. The van der Waals surface area contributed by atoms with Crippen molar-refractivity contribution < 1.29 is 9.53 Å². The van der Waals surface area contributed by atoms with E-state index < -0.39 is 0 Å². The molecule has 1 fully saturated rings. The van der Waals surface area contributed by atoms with Gasteiger partial charge in [0, 0.05) is 38.6 Å². The van der Waals surface area contributed by atoms with Gasteiger partial charge in [-0.25, -0.2) is 14.8 Å². The number of hydrogen-bond donors (Lipinski definition) is 2. The molecule has 9 nitrogen and oxygen atoms in total. The van der Waals surface area contributed by atoms with Crippen LogP contribution in [-0.4, -0.2) is 64.4 Å². The Morgan fingerprint density at radius 2 is 1.91 bits per heavy atom. The van der Waals surface area contributed by atoms with Gasteiger partial charge in [0.2, 0.25) is 0 Å². The number of hydrogen-bond acceptors (Lipinski definition) is 6. The molecule has 0 aliphatic heterocycles. The second kappa shape index (κ2) is 12.1. The molecule has 2 amide bonds. The molecule has 2 heterocycles. The van der Waals surface area contributed by atoms with E-state index in [9.17, 15) is 4.79 Å². The SMILES string of the molecule is CCCc1nc2c(N)ncc(N(CC)CC)c2n1CCOCCN(C(N)=O)C1CCCCC1. The molecule has 0 spiro atoms. The smallest absolute Gasteiger partial charge is 0.315 e. The Kier molecular flexibility index (Phi) is 9.17. The molecule has 4 N–H and O–H groups in total. The Hall–Kier alpha value is -2.55. The van der Waals surface area contributed by atoms with Crippen LogP contribution in [0.1, 0.15) is 65.1 Å². The number of primary amides is 1. The molecule has 184 valence electrons. The molecule has 0 atom stereocenters. The van der Waals surface area contributed by atoms with Gasteiger partial charge in [-0.05, 0) is 33.1 Å². The number of anilines is 2. The van der Waals surface area contributed by atoms with Crippen LogP contribution in [0.4, 0.5) is 16.3 Å². The summed E-state index contributed by atoms with van der Waals surface area (Å²) >= 11 is 0. The van der Waals surface area contributed by atoms with Crippen molar-refractivity contribution in [3.63, 3.8) is 0 Å². The fraction of sp³-hybridized carbons (Fsp3) is 0.708. The summed E-state index contributed by atoms with van der Waals surface area (Å²) in [6, 6.07) is -0.0936. The van der Waals surface area contributed by atoms with Gasteiger partial charge in [-0.15, -0.1) is 0 Å². The molecule has 0 unspecified atom stereocenters. The van der Waals surface area contributed by atoms with Crippen LogP contribution in [-0.2, 0) is 17.7 Å². The van der Waals surface area contributed by atoms with Gasteiger partial charge in [-0.3, -0.25) is 0 Å². The maximum atomic E-state index is 12.0. The first kappa shape index (κ1) is 25.1. The number of nitrogens with zero attached hydrogens (tertiary/aromatic N) is 5. The Morgan fingerprint density at radius 1 is 1.18 bits per heavy atom. The second-order valence-corrected chi connectivity index (χ2v) is 8.76. The zero-order valence-electron chi connectivity index (χ0n) is 20.6. The second-order valence-electron chi connectivity index (χ2n) is 8.76. The van der Waals surface area contributed by atoms with Gasteiger partial charge in [0.25, 0.3) is 0 Å². The molecule has 33 heavy (non-hydrogen) atoms. The summed E-state index contributed by atoms with van der Waals surface area (Å²) in [6.45, 7) is 10.4. The van der Waals surface area contributed by atoms with Crippen LogP contribution in [0.2, 0.25) is 0 Å². The first-order valence-corrected chi connectivity index (χ1v) is 12.5. The van der Waals surface area contributed by atoms with E-state index in [1.807, 2.05) is 6.20 Å². The van der Waals surface area contributed by atoms with Gasteiger partial charge in [0.05, 0.1) is 30.6 Å². The van der Waals surface area contributed by atoms with E-state index in [0.717, 1.165) is 74.2 Å². The summed E-state index contributed by atoms with van der Waals surface area (Å²) in [7, 11) is 0. The van der Waals surface area contributed by atoms with Gasteiger partial charge in [0.15, 0.2) is 5.82 Å². The number of nitrogens with two attached hydrogens (primary N) is 2. The lowest BCUT2D eigenvalue weighted by molar-refractivity contribution is 0.0877. The number of carbonyl (C=O) groups excluding carboxylic acids is 1. The molecule has 0 saturated heterocycles. The zero-order valence-corrected chi connectivity index (χ0v) is 20.6. The van der Waals surface area contributed by atoms with Gasteiger partial charge < -0.3 is 30.6 Å². The third-order valence-electron chi connectivity index (χ3n) is 6.67. The molecule has 0 radical (unpaired) electrons. The number of pyridine rings is 1. The molecule has 1 saturated carbocycles. The summed E-state index contributed by atoms with van der Waals surface area (Å²) in [5.74, 6) is 1.47. The Morgan fingerprint density at radius 3 is 2.55 bits per heavy atom. The molecule has 2 aromatic heterocycles. The minimum atomic E-state index is -0.344. The van der Waals surface area contributed by atoms with Crippen molar-refractivity contribution in [1.29, 1.82) is 0 Å². The highest BCUT2D eigenvalue weighted by Gasteiger charge is 2.23. The number of aromatic nitrogens is 3. The van der Waals surface area contributed by atoms with Crippen LogP contribution in [0.3, 0.4) is 0 Å². The largest absolute Gasteiger partial charge is 0.382 e. The molecule has 1 aliphatic carbocycles. The van der Waals surface area contributed by atoms with Gasteiger partial charge >= 0.3 is 6.03 Å².